The highest BCUT2D eigenvalue weighted by Gasteiger charge is 2.25. The van der Waals surface area contributed by atoms with Gasteiger partial charge in [0.15, 0.2) is 17.5 Å². The summed E-state index contributed by atoms with van der Waals surface area (Å²) in [5.74, 6) is 2.16. The summed E-state index contributed by atoms with van der Waals surface area (Å²) in [6, 6.07) is 15.9. The number of hydrogen-bond donors (Lipinski definition) is 2. The molecule has 6 nitrogen and oxygen atoms in total. The monoisotopic (exact) mass is 539 g/mol. The van der Waals surface area contributed by atoms with Gasteiger partial charge in [-0.25, -0.2) is 0 Å². The van der Waals surface area contributed by atoms with Gasteiger partial charge >= 0.3 is 0 Å². The molecule has 1 aliphatic heterocycles. The summed E-state index contributed by atoms with van der Waals surface area (Å²) >= 11 is 0. The van der Waals surface area contributed by atoms with Gasteiger partial charge in [-0.2, -0.15) is 0 Å². The fraction of sp³-hybridized carbons (Fsp3) is 0.458. The van der Waals surface area contributed by atoms with E-state index in [0.29, 0.717) is 31.2 Å². The van der Waals surface area contributed by atoms with Crippen LogP contribution >= 0.6 is 24.0 Å². The van der Waals surface area contributed by atoms with Crippen molar-refractivity contribution in [2.75, 3.05) is 39.9 Å². The average Bonchev–Trinajstić information content (AvgIpc) is 3.24. The van der Waals surface area contributed by atoms with E-state index in [2.05, 4.69) is 29.3 Å². The Bertz CT molecular complexity index is 817. The Morgan fingerprint density at radius 1 is 1.19 bits per heavy atom. The van der Waals surface area contributed by atoms with Crippen molar-refractivity contribution in [3.05, 3.63) is 59.7 Å². The summed E-state index contributed by atoms with van der Waals surface area (Å²) in [7, 11) is 1.56. The smallest absolute Gasteiger partial charge is 0.193 e. The number of methoxy groups -OCH3 is 1. The van der Waals surface area contributed by atoms with Crippen LogP contribution in [-0.2, 0) is 17.8 Å². The van der Waals surface area contributed by atoms with Crippen LogP contribution in [0.1, 0.15) is 24.5 Å². The molecule has 7 heteroatoms. The highest BCUT2D eigenvalue weighted by molar-refractivity contribution is 14.0. The number of aromatic hydroxyl groups is 1. The first kappa shape index (κ1) is 25.3. The van der Waals surface area contributed by atoms with Gasteiger partial charge in [0.05, 0.1) is 20.3 Å². The molecule has 1 unspecified atom stereocenters. The van der Waals surface area contributed by atoms with Crippen molar-refractivity contribution in [1.29, 1.82) is 0 Å². The van der Waals surface area contributed by atoms with Crippen molar-refractivity contribution in [3.63, 3.8) is 0 Å². The highest BCUT2D eigenvalue weighted by Crippen LogP contribution is 2.29. The van der Waals surface area contributed by atoms with E-state index in [-0.39, 0.29) is 29.7 Å². The molecule has 1 atom stereocenters. The Morgan fingerprint density at radius 2 is 2.00 bits per heavy atom. The summed E-state index contributed by atoms with van der Waals surface area (Å²) in [4.78, 5) is 7.10. The van der Waals surface area contributed by atoms with E-state index in [1.807, 2.05) is 30.3 Å². The molecule has 2 aromatic carbocycles. The Hall–Kier alpha value is -2.00. The Balaban J connectivity index is 0.00000341. The van der Waals surface area contributed by atoms with E-state index in [1.165, 1.54) is 5.56 Å². The Labute approximate surface area is 202 Å². The van der Waals surface area contributed by atoms with E-state index in [4.69, 9.17) is 14.5 Å². The second-order valence-electron chi connectivity index (χ2n) is 7.56. The number of para-hydroxylation sites is 1. The van der Waals surface area contributed by atoms with Crippen LogP contribution in [0, 0.1) is 5.92 Å². The first-order valence-corrected chi connectivity index (χ1v) is 10.7. The lowest BCUT2D eigenvalue weighted by atomic mass is 10.1. The number of nitrogens with zero attached hydrogens (tertiary/aromatic N) is 2. The maximum absolute atomic E-state index is 10.3. The summed E-state index contributed by atoms with van der Waals surface area (Å²) < 4.78 is 11.1. The van der Waals surface area contributed by atoms with Gasteiger partial charge in [0.25, 0.3) is 0 Å². The maximum Gasteiger partial charge on any atom is 0.193 e. The Kier molecular flexibility index (Phi) is 10.9. The van der Waals surface area contributed by atoms with Gasteiger partial charge in [0.2, 0.25) is 0 Å². The quantitative estimate of drug-likeness (QED) is 0.286. The second kappa shape index (κ2) is 13.4. The molecule has 0 aromatic heterocycles. The summed E-state index contributed by atoms with van der Waals surface area (Å²) in [6.45, 7) is 6.88. The molecule has 1 heterocycles. The van der Waals surface area contributed by atoms with Crippen LogP contribution in [0.25, 0.3) is 0 Å². The zero-order valence-corrected chi connectivity index (χ0v) is 20.7. The molecule has 3 rings (SSSR count). The largest absolute Gasteiger partial charge is 0.504 e. The molecule has 0 amide bonds. The first-order valence-electron chi connectivity index (χ1n) is 10.7. The van der Waals surface area contributed by atoms with Crippen LogP contribution < -0.4 is 10.1 Å². The standard InChI is InChI=1S/C24H33N3O3.HI/c1-3-25-24(26-14-12-21-10-7-11-22(29-2)23(21)28)27-15-13-20(16-27)18-30-17-19-8-5-4-6-9-19;/h4-11,20,28H,3,12-18H2,1-2H3,(H,25,26);1H. The number of halogens is 1. The second-order valence-corrected chi connectivity index (χ2v) is 7.56. The predicted molar refractivity (Wildman–Crippen MR) is 136 cm³/mol. The van der Waals surface area contributed by atoms with Crippen LogP contribution in [0.2, 0.25) is 0 Å². The fourth-order valence-electron chi connectivity index (χ4n) is 3.72. The van der Waals surface area contributed by atoms with Gasteiger partial charge in [-0.15, -0.1) is 24.0 Å². The lowest BCUT2D eigenvalue weighted by Gasteiger charge is -2.22. The number of hydrogen-bond acceptors (Lipinski definition) is 4. The minimum Gasteiger partial charge on any atom is -0.504 e. The van der Waals surface area contributed by atoms with Gasteiger partial charge in [-0.05, 0) is 37.0 Å². The number of nitrogens with one attached hydrogen (secondary N) is 1. The normalized spacial score (nSPS) is 16.1. The Morgan fingerprint density at radius 3 is 2.74 bits per heavy atom. The molecule has 1 saturated heterocycles. The SMILES string of the molecule is CCNC(=NCCc1cccc(OC)c1O)N1CCC(COCc2ccccc2)C1.I. The van der Waals surface area contributed by atoms with Crippen LogP contribution in [0.3, 0.4) is 0 Å². The predicted octanol–water partition coefficient (Wildman–Crippen LogP) is 4.07. The summed E-state index contributed by atoms with van der Waals surface area (Å²) in [5.41, 5.74) is 2.06. The van der Waals surface area contributed by atoms with Crippen molar-refractivity contribution >= 4 is 29.9 Å². The van der Waals surface area contributed by atoms with Crippen molar-refractivity contribution in [3.8, 4) is 11.5 Å². The third-order valence-corrected chi connectivity index (χ3v) is 5.33. The zero-order chi connectivity index (χ0) is 21.2. The van der Waals surface area contributed by atoms with Gasteiger partial charge in [0, 0.05) is 32.1 Å². The van der Waals surface area contributed by atoms with Gasteiger partial charge in [-0.1, -0.05) is 42.5 Å². The van der Waals surface area contributed by atoms with Gasteiger partial charge in [-0.3, -0.25) is 4.99 Å². The van der Waals surface area contributed by atoms with Crippen LogP contribution in [0.15, 0.2) is 53.5 Å². The van der Waals surface area contributed by atoms with E-state index in [1.54, 1.807) is 13.2 Å². The average molecular weight is 539 g/mol. The number of rotatable bonds is 9. The maximum atomic E-state index is 10.3. The lowest BCUT2D eigenvalue weighted by Crippen LogP contribution is -2.40. The molecule has 2 aromatic rings. The molecule has 170 valence electrons. The molecule has 0 saturated carbocycles. The fourth-order valence-corrected chi connectivity index (χ4v) is 3.72. The molecule has 0 spiro atoms. The molecule has 1 aliphatic rings. The molecular formula is C24H34IN3O3. The van der Waals surface area contributed by atoms with Crippen LogP contribution in [0.4, 0.5) is 0 Å². The molecular weight excluding hydrogens is 505 g/mol. The number of benzene rings is 2. The highest BCUT2D eigenvalue weighted by atomic mass is 127. The van der Waals surface area contributed by atoms with E-state index < -0.39 is 0 Å². The minimum absolute atomic E-state index is 0. The van der Waals surface area contributed by atoms with Gasteiger partial charge in [0.1, 0.15) is 0 Å². The zero-order valence-electron chi connectivity index (χ0n) is 18.4. The van der Waals surface area contributed by atoms with Crippen molar-refractivity contribution in [2.24, 2.45) is 10.9 Å². The third-order valence-electron chi connectivity index (χ3n) is 5.33. The molecule has 0 bridgehead atoms. The van der Waals surface area contributed by atoms with Crippen LogP contribution in [0.5, 0.6) is 11.5 Å². The van der Waals surface area contributed by atoms with Crippen LogP contribution in [-0.4, -0.2) is 55.9 Å². The van der Waals surface area contributed by atoms with Gasteiger partial charge < -0.3 is 24.8 Å². The first-order chi connectivity index (χ1) is 14.7. The number of phenols is 1. The van der Waals surface area contributed by atoms with Crippen molar-refractivity contribution in [2.45, 2.75) is 26.4 Å². The molecule has 0 aliphatic carbocycles. The van der Waals surface area contributed by atoms with E-state index in [9.17, 15) is 5.11 Å². The summed E-state index contributed by atoms with van der Waals surface area (Å²) in [5, 5.41) is 13.7. The topological polar surface area (TPSA) is 66.3 Å². The number of guanidine groups is 1. The molecule has 0 radical (unpaired) electrons. The number of phenolic OH excluding ortho intramolecular Hbond substituents is 1. The van der Waals surface area contributed by atoms with E-state index in [0.717, 1.165) is 44.2 Å². The molecule has 31 heavy (non-hydrogen) atoms. The van der Waals surface area contributed by atoms with E-state index >= 15 is 0 Å². The molecule has 2 N–H and O–H groups in total. The number of likely N-dealkylation sites (tertiary alicyclic amines) is 1. The lowest BCUT2D eigenvalue weighted by molar-refractivity contribution is 0.0907. The van der Waals surface area contributed by atoms with Crippen molar-refractivity contribution in [1.82, 2.24) is 10.2 Å². The number of aliphatic imine (C=N–C) groups is 1. The van der Waals surface area contributed by atoms with Crippen molar-refractivity contribution < 1.29 is 14.6 Å². The third kappa shape index (κ3) is 7.57. The number of ether oxygens (including phenoxy) is 2. The minimum atomic E-state index is 0. The summed E-state index contributed by atoms with van der Waals surface area (Å²) in [6.07, 6.45) is 1.77. The molecule has 1 fully saturated rings.